The summed E-state index contributed by atoms with van der Waals surface area (Å²) < 4.78 is 5.79. The third-order valence-electron chi connectivity index (χ3n) is 3.81. The van der Waals surface area contributed by atoms with E-state index in [0.717, 1.165) is 5.56 Å². The number of benzene rings is 2. The zero-order valence-electron chi connectivity index (χ0n) is 13.1. The van der Waals surface area contributed by atoms with Crippen LogP contribution in [0, 0.1) is 0 Å². The van der Waals surface area contributed by atoms with Crippen LogP contribution in [-0.2, 0) is 6.54 Å². The van der Waals surface area contributed by atoms with Crippen molar-refractivity contribution in [3.05, 3.63) is 58.3 Å². The molecule has 0 saturated heterocycles. The predicted molar refractivity (Wildman–Crippen MR) is 95.2 cm³/mol. The van der Waals surface area contributed by atoms with Gasteiger partial charge < -0.3 is 14.8 Å². The summed E-state index contributed by atoms with van der Waals surface area (Å²) in [6.45, 7) is 4.48. The Balaban J connectivity index is 0.00000192. The van der Waals surface area contributed by atoms with Gasteiger partial charge in [-0.3, -0.25) is 4.79 Å². The molecule has 0 aliphatic carbocycles. The van der Waals surface area contributed by atoms with E-state index in [4.69, 9.17) is 4.42 Å². The van der Waals surface area contributed by atoms with Crippen LogP contribution in [0.3, 0.4) is 0 Å². The third-order valence-corrected chi connectivity index (χ3v) is 3.81. The molecule has 0 fully saturated rings. The predicted octanol–water partition coefficient (Wildman–Crippen LogP) is 3.23. The molecule has 0 bridgehead atoms. The van der Waals surface area contributed by atoms with Gasteiger partial charge in [0.15, 0.2) is 0 Å². The highest BCUT2D eigenvalue weighted by atomic mass is 35.5. The Labute approximate surface area is 140 Å². The summed E-state index contributed by atoms with van der Waals surface area (Å²) in [5.74, 6) is 0. The van der Waals surface area contributed by atoms with Crippen LogP contribution in [0.25, 0.3) is 21.9 Å². The first-order chi connectivity index (χ1) is 10.5. The lowest BCUT2D eigenvalue weighted by molar-refractivity contribution is 0.187. The van der Waals surface area contributed by atoms with Gasteiger partial charge in [0.25, 0.3) is 0 Å². The van der Waals surface area contributed by atoms with E-state index in [0.29, 0.717) is 28.5 Å². The van der Waals surface area contributed by atoms with E-state index in [1.807, 2.05) is 44.2 Å². The number of para-hydroxylation sites is 1. The van der Waals surface area contributed by atoms with Crippen molar-refractivity contribution >= 4 is 34.3 Å². The number of aliphatic hydroxyl groups is 1. The quantitative estimate of drug-likeness (QED) is 0.720. The summed E-state index contributed by atoms with van der Waals surface area (Å²) in [6, 6.07) is 12.9. The number of nitrogens with one attached hydrogen (secondary N) is 1. The van der Waals surface area contributed by atoms with Crippen LogP contribution in [-0.4, -0.2) is 17.3 Å². The van der Waals surface area contributed by atoms with Crippen molar-refractivity contribution in [3.8, 4) is 0 Å². The van der Waals surface area contributed by atoms with Crippen LogP contribution in [0.2, 0.25) is 0 Å². The van der Waals surface area contributed by atoms with Crippen molar-refractivity contribution in [2.75, 3.05) is 6.61 Å². The normalized spacial score (nSPS) is 11.6. The number of fused-ring (bicyclic) bond motifs is 2. The van der Waals surface area contributed by atoms with Crippen LogP contribution < -0.4 is 10.7 Å². The zero-order chi connectivity index (χ0) is 15.7. The smallest absolute Gasteiger partial charge is 0.200 e. The second kappa shape index (κ2) is 6.71. The van der Waals surface area contributed by atoms with Gasteiger partial charge in [0.2, 0.25) is 5.43 Å². The van der Waals surface area contributed by atoms with Crippen LogP contribution in [0.1, 0.15) is 19.4 Å². The summed E-state index contributed by atoms with van der Waals surface area (Å²) in [4.78, 5) is 12.6. The fourth-order valence-corrected chi connectivity index (χ4v) is 2.36. The molecule has 1 aromatic heterocycles. The Morgan fingerprint density at radius 1 is 1.09 bits per heavy atom. The standard InChI is InChI=1S/C18H19NO3.ClH/c1-18(2,11-20)19-10-12-7-8-16-14(9-12)17(21)13-5-3-4-6-15(13)22-16;/h3-9,19-20H,10-11H2,1-2H3;1H. The van der Waals surface area contributed by atoms with Gasteiger partial charge in [-0.15, -0.1) is 12.4 Å². The lowest BCUT2D eigenvalue weighted by atomic mass is 10.1. The number of halogens is 1. The molecule has 0 aliphatic rings. The first-order valence-corrected chi connectivity index (χ1v) is 7.30. The number of rotatable bonds is 4. The second-order valence-electron chi connectivity index (χ2n) is 6.15. The fourth-order valence-electron chi connectivity index (χ4n) is 2.36. The van der Waals surface area contributed by atoms with E-state index < -0.39 is 0 Å². The van der Waals surface area contributed by atoms with Gasteiger partial charge in [-0.1, -0.05) is 18.2 Å². The maximum Gasteiger partial charge on any atom is 0.200 e. The minimum Gasteiger partial charge on any atom is -0.456 e. The molecule has 0 saturated carbocycles. The molecule has 3 aromatic rings. The van der Waals surface area contributed by atoms with Gasteiger partial charge in [-0.05, 0) is 43.7 Å². The molecule has 0 spiro atoms. The summed E-state index contributed by atoms with van der Waals surface area (Å²) in [7, 11) is 0. The van der Waals surface area contributed by atoms with E-state index in [1.165, 1.54) is 0 Å². The molecule has 0 unspecified atom stereocenters. The Morgan fingerprint density at radius 3 is 2.52 bits per heavy atom. The fraction of sp³-hybridized carbons (Fsp3) is 0.278. The van der Waals surface area contributed by atoms with E-state index in [9.17, 15) is 9.90 Å². The summed E-state index contributed by atoms with van der Waals surface area (Å²) in [5, 5.41) is 13.7. The molecule has 122 valence electrons. The van der Waals surface area contributed by atoms with E-state index in [-0.39, 0.29) is 30.0 Å². The maximum atomic E-state index is 12.6. The second-order valence-corrected chi connectivity index (χ2v) is 6.15. The number of hydrogen-bond acceptors (Lipinski definition) is 4. The van der Waals surface area contributed by atoms with E-state index in [1.54, 1.807) is 12.1 Å². The molecule has 3 rings (SSSR count). The van der Waals surface area contributed by atoms with Crippen LogP contribution in [0.15, 0.2) is 51.7 Å². The highest BCUT2D eigenvalue weighted by Crippen LogP contribution is 2.19. The van der Waals surface area contributed by atoms with Crippen molar-refractivity contribution in [2.45, 2.75) is 25.9 Å². The summed E-state index contributed by atoms with van der Waals surface area (Å²) in [5.41, 5.74) is 1.81. The molecule has 4 nitrogen and oxygen atoms in total. The Kier molecular flexibility index (Phi) is 5.09. The summed E-state index contributed by atoms with van der Waals surface area (Å²) >= 11 is 0. The van der Waals surface area contributed by atoms with E-state index >= 15 is 0 Å². The topological polar surface area (TPSA) is 62.5 Å². The van der Waals surface area contributed by atoms with Gasteiger partial charge in [0, 0.05) is 12.1 Å². The van der Waals surface area contributed by atoms with Crippen molar-refractivity contribution < 1.29 is 9.52 Å². The monoisotopic (exact) mass is 333 g/mol. The molecular weight excluding hydrogens is 314 g/mol. The molecule has 1 heterocycles. The SMILES string of the molecule is CC(C)(CO)NCc1ccc2oc3ccccc3c(=O)c2c1.Cl. The third kappa shape index (κ3) is 3.55. The molecule has 5 heteroatoms. The molecule has 2 N–H and O–H groups in total. The van der Waals surface area contributed by atoms with Gasteiger partial charge in [0.05, 0.1) is 17.4 Å². The minimum absolute atomic E-state index is 0. The van der Waals surface area contributed by atoms with Gasteiger partial charge in [-0.25, -0.2) is 0 Å². The van der Waals surface area contributed by atoms with Gasteiger partial charge >= 0.3 is 0 Å². The molecule has 23 heavy (non-hydrogen) atoms. The Morgan fingerprint density at radius 2 is 1.78 bits per heavy atom. The van der Waals surface area contributed by atoms with Crippen LogP contribution in [0.4, 0.5) is 0 Å². The largest absolute Gasteiger partial charge is 0.456 e. The Hall–Kier alpha value is -1.88. The van der Waals surface area contributed by atoms with E-state index in [2.05, 4.69) is 5.32 Å². The lowest BCUT2D eigenvalue weighted by Gasteiger charge is -2.23. The molecule has 0 aliphatic heterocycles. The van der Waals surface area contributed by atoms with Crippen molar-refractivity contribution in [1.82, 2.24) is 5.32 Å². The first kappa shape index (κ1) is 17.5. The van der Waals surface area contributed by atoms with Crippen molar-refractivity contribution in [1.29, 1.82) is 0 Å². The van der Waals surface area contributed by atoms with Crippen LogP contribution in [0.5, 0.6) is 0 Å². The summed E-state index contributed by atoms with van der Waals surface area (Å²) in [6.07, 6.45) is 0. The molecule has 0 atom stereocenters. The van der Waals surface area contributed by atoms with Gasteiger partial charge in [-0.2, -0.15) is 0 Å². The molecule has 0 radical (unpaired) electrons. The average Bonchev–Trinajstić information content (AvgIpc) is 2.53. The highest BCUT2D eigenvalue weighted by molar-refractivity contribution is 5.89. The number of hydrogen-bond donors (Lipinski definition) is 2. The van der Waals surface area contributed by atoms with Crippen LogP contribution >= 0.6 is 12.4 Å². The average molecular weight is 334 g/mol. The maximum absolute atomic E-state index is 12.6. The van der Waals surface area contributed by atoms with Gasteiger partial charge in [0.1, 0.15) is 11.2 Å². The molecule has 2 aromatic carbocycles. The lowest BCUT2D eigenvalue weighted by Crippen LogP contribution is -2.42. The first-order valence-electron chi connectivity index (χ1n) is 7.30. The molecule has 0 amide bonds. The minimum atomic E-state index is -0.358. The van der Waals surface area contributed by atoms with Crippen molar-refractivity contribution in [2.24, 2.45) is 0 Å². The Bertz CT molecular complexity index is 886. The zero-order valence-corrected chi connectivity index (χ0v) is 13.9. The van der Waals surface area contributed by atoms with Crippen molar-refractivity contribution in [3.63, 3.8) is 0 Å². The number of aliphatic hydroxyl groups excluding tert-OH is 1. The molecular formula is C18H20ClNO3. The highest BCUT2D eigenvalue weighted by Gasteiger charge is 2.15.